The first kappa shape index (κ1) is 24.9. The summed E-state index contributed by atoms with van der Waals surface area (Å²) in [5.41, 5.74) is 5.40. The summed E-state index contributed by atoms with van der Waals surface area (Å²) in [7, 11) is -5.17. The number of aryl methyl sites for hydroxylation is 3. The Morgan fingerprint density at radius 3 is 1.14 bits per heavy atom. The van der Waals surface area contributed by atoms with Gasteiger partial charge in [0.05, 0.1) is 22.5 Å². The molecule has 0 aliphatic heterocycles. The van der Waals surface area contributed by atoms with E-state index in [1.54, 1.807) is 0 Å². The molecule has 0 bridgehead atoms. The zero-order valence-corrected chi connectivity index (χ0v) is 18.1. The monoisotopic (exact) mass is 462 g/mol. The van der Waals surface area contributed by atoms with Gasteiger partial charge in [-0.15, -0.1) is 0 Å². The Hall–Kier alpha value is -2.16. The molecular weight excluding hydrogens is 442 g/mol. The topological polar surface area (TPSA) is 119 Å². The maximum absolute atomic E-state index is 8.52. The molecule has 0 atom stereocenters. The summed E-state index contributed by atoms with van der Waals surface area (Å²) in [6.07, 6.45) is 0. The maximum Gasteiger partial charge on any atom is 2.00 e. The van der Waals surface area contributed by atoms with Gasteiger partial charge in [-0.3, -0.25) is 23.4 Å². The first-order valence-corrected chi connectivity index (χ1v) is 9.82. The Kier molecular flexibility index (Phi) is 8.62. The SMILES string of the molecule is Cc1cccc(C(C)(c2cccc(C)n2)c2cccc(C)n2)n1.O=S(=O)([O-])[O-].[Cu+2]. The number of hydrogen-bond donors (Lipinski definition) is 0. The van der Waals surface area contributed by atoms with Gasteiger partial charge in [0.2, 0.25) is 0 Å². The van der Waals surface area contributed by atoms with Gasteiger partial charge >= 0.3 is 17.1 Å². The maximum atomic E-state index is 8.52. The van der Waals surface area contributed by atoms with E-state index in [4.69, 9.17) is 32.5 Å². The Balaban J connectivity index is 0.000000628. The molecule has 9 heteroatoms. The van der Waals surface area contributed by atoms with E-state index in [1.807, 2.05) is 57.2 Å². The van der Waals surface area contributed by atoms with E-state index < -0.39 is 15.8 Å². The van der Waals surface area contributed by atoms with Gasteiger partial charge in [0, 0.05) is 27.5 Å². The number of nitrogens with zero attached hydrogens (tertiary/aromatic N) is 3. The van der Waals surface area contributed by atoms with Crippen LogP contribution in [0.4, 0.5) is 0 Å². The Labute approximate surface area is 181 Å². The van der Waals surface area contributed by atoms with Gasteiger partial charge in [-0.2, -0.15) is 0 Å². The second-order valence-corrected chi connectivity index (χ2v) is 7.34. The van der Waals surface area contributed by atoms with Crippen molar-refractivity contribution in [1.82, 2.24) is 15.0 Å². The summed E-state index contributed by atoms with van der Waals surface area (Å²) in [5.74, 6) is 0. The van der Waals surface area contributed by atoms with Gasteiger partial charge in [0.1, 0.15) is 0 Å². The molecule has 1 radical (unpaired) electrons. The Bertz CT molecular complexity index is 956. The Morgan fingerprint density at radius 2 is 0.931 bits per heavy atom. The van der Waals surface area contributed by atoms with Gasteiger partial charge < -0.3 is 9.11 Å². The van der Waals surface area contributed by atoms with Crippen LogP contribution in [0.15, 0.2) is 54.6 Å². The fourth-order valence-corrected chi connectivity index (χ4v) is 2.86. The van der Waals surface area contributed by atoms with E-state index in [-0.39, 0.29) is 17.1 Å². The van der Waals surface area contributed by atoms with E-state index >= 15 is 0 Å². The minimum absolute atomic E-state index is 0. The van der Waals surface area contributed by atoms with E-state index in [9.17, 15) is 0 Å². The van der Waals surface area contributed by atoms with Gasteiger partial charge in [-0.25, -0.2) is 0 Å². The fraction of sp³-hybridized carbons (Fsp3) is 0.250. The summed E-state index contributed by atoms with van der Waals surface area (Å²) in [6, 6.07) is 18.3. The first-order valence-electron chi connectivity index (χ1n) is 8.49. The molecule has 0 aliphatic carbocycles. The summed E-state index contributed by atoms with van der Waals surface area (Å²) in [5, 5.41) is 0. The third kappa shape index (κ3) is 6.99. The van der Waals surface area contributed by atoms with Gasteiger partial charge in [0.25, 0.3) is 0 Å². The first-order chi connectivity index (χ1) is 13.0. The second-order valence-electron chi connectivity index (χ2n) is 6.53. The molecule has 3 aromatic rings. The average molecular weight is 463 g/mol. The van der Waals surface area contributed by atoms with Crippen molar-refractivity contribution in [2.45, 2.75) is 33.1 Å². The normalized spacial score (nSPS) is 11.1. The number of rotatable bonds is 3. The summed E-state index contributed by atoms with van der Waals surface area (Å²) < 4.78 is 34.1. The van der Waals surface area contributed by atoms with E-state index in [2.05, 4.69) is 25.1 Å². The van der Waals surface area contributed by atoms with Crippen LogP contribution in [0.25, 0.3) is 0 Å². The molecule has 0 N–H and O–H groups in total. The number of aromatic nitrogens is 3. The van der Waals surface area contributed by atoms with Crippen molar-refractivity contribution in [1.29, 1.82) is 0 Å². The zero-order chi connectivity index (χ0) is 20.9. The minimum Gasteiger partial charge on any atom is -0.759 e. The second kappa shape index (κ2) is 10.0. The molecule has 7 nitrogen and oxygen atoms in total. The van der Waals surface area contributed by atoms with Crippen LogP contribution < -0.4 is 0 Å². The molecule has 3 aromatic heterocycles. The van der Waals surface area contributed by atoms with Crippen LogP contribution in [0, 0.1) is 20.8 Å². The van der Waals surface area contributed by atoms with Crippen molar-refractivity contribution in [3.8, 4) is 0 Å². The van der Waals surface area contributed by atoms with Crippen molar-refractivity contribution in [2.75, 3.05) is 0 Å². The molecule has 0 fully saturated rings. The van der Waals surface area contributed by atoms with Gasteiger partial charge in [-0.1, -0.05) is 18.2 Å². The van der Waals surface area contributed by atoms with E-state index in [0.717, 1.165) is 34.2 Å². The Morgan fingerprint density at radius 1 is 0.690 bits per heavy atom. The van der Waals surface area contributed by atoms with E-state index in [0.29, 0.717) is 0 Å². The quantitative estimate of drug-likeness (QED) is 0.333. The molecule has 29 heavy (non-hydrogen) atoms. The molecule has 0 saturated heterocycles. The van der Waals surface area contributed by atoms with Crippen LogP contribution >= 0.6 is 0 Å². The van der Waals surface area contributed by atoms with Crippen LogP contribution in [-0.2, 0) is 32.9 Å². The molecule has 3 rings (SSSR count). The predicted molar refractivity (Wildman–Crippen MR) is 103 cm³/mol. The number of hydrogen-bond acceptors (Lipinski definition) is 7. The molecular formula is C20H21CuN3O4S. The summed E-state index contributed by atoms with van der Waals surface area (Å²) >= 11 is 0. The largest absolute Gasteiger partial charge is 2.00 e. The molecule has 157 valence electrons. The molecule has 3 heterocycles. The fourth-order valence-electron chi connectivity index (χ4n) is 2.86. The zero-order valence-electron chi connectivity index (χ0n) is 16.4. The van der Waals surface area contributed by atoms with Crippen molar-refractivity contribution in [3.05, 3.63) is 88.8 Å². The third-order valence-corrected chi connectivity index (χ3v) is 4.20. The van der Waals surface area contributed by atoms with E-state index in [1.165, 1.54) is 0 Å². The third-order valence-electron chi connectivity index (χ3n) is 4.20. The van der Waals surface area contributed by atoms with Gasteiger partial charge in [-0.05, 0) is 64.1 Å². The number of pyridine rings is 3. The summed E-state index contributed by atoms with van der Waals surface area (Å²) in [4.78, 5) is 14.3. The van der Waals surface area contributed by atoms with Crippen LogP contribution in [0.5, 0.6) is 0 Å². The molecule has 0 amide bonds. The van der Waals surface area contributed by atoms with Crippen LogP contribution in [-0.4, -0.2) is 32.5 Å². The average Bonchev–Trinajstić information content (AvgIpc) is 2.59. The molecule has 0 saturated carbocycles. The standard InChI is InChI=1S/C20H21N3.Cu.H2O4S/c1-14-8-5-11-17(21-14)20(4,18-12-6-9-15(2)22-18)19-13-7-10-16(3)23-19;;1-5(2,3)4/h5-13H,1-4H3;;(H2,1,2,3,4)/q;+2;/p-2. The minimum atomic E-state index is -5.17. The summed E-state index contributed by atoms with van der Waals surface area (Å²) in [6.45, 7) is 8.18. The van der Waals surface area contributed by atoms with Crippen molar-refractivity contribution in [2.24, 2.45) is 0 Å². The van der Waals surface area contributed by atoms with Crippen LogP contribution in [0.2, 0.25) is 0 Å². The smallest absolute Gasteiger partial charge is 0.759 e. The molecule has 0 aliphatic rings. The van der Waals surface area contributed by atoms with Crippen molar-refractivity contribution >= 4 is 10.4 Å². The molecule has 0 spiro atoms. The molecule has 0 aromatic carbocycles. The van der Waals surface area contributed by atoms with Crippen molar-refractivity contribution in [3.63, 3.8) is 0 Å². The molecule has 0 unspecified atom stereocenters. The predicted octanol–water partition coefficient (Wildman–Crippen LogP) is 2.81. The van der Waals surface area contributed by atoms with Crippen molar-refractivity contribution < 1.29 is 34.6 Å². The van der Waals surface area contributed by atoms with Gasteiger partial charge in [0.15, 0.2) is 0 Å². The van der Waals surface area contributed by atoms with Crippen LogP contribution in [0.1, 0.15) is 41.1 Å². The van der Waals surface area contributed by atoms with Crippen LogP contribution in [0.3, 0.4) is 0 Å².